The predicted molar refractivity (Wildman–Crippen MR) is 162 cm³/mol. The smallest absolute Gasteiger partial charge is 0 e. The number of aliphatic hydroxyl groups is 1. The third-order valence-corrected chi connectivity index (χ3v) is 10.7. The summed E-state index contributed by atoms with van der Waals surface area (Å²) in [6.45, 7) is 9.63. The molecular weight excluding hydrogens is 723 g/mol. The minimum absolute atomic E-state index is 0. The number of nitrogens with zero attached hydrogens (tertiary/aromatic N) is 1. The third kappa shape index (κ3) is 6.71. The van der Waals surface area contributed by atoms with Crippen molar-refractivity contribution < 1.29 is 34.4 Å². The number of para-hydroxylation sites is 1. The molecule has 2 aromatic heterocycles. The van der Waals surface area contributed by atoms with Crippen molar-refractivity contribution in [3.05, 3.63) is 84.3 Å². The molecule has 0 atom stereocenters. The number of rotatable bonds is 3. The van der Waals surface area contributed by atoms with Gasteiger partial charge in [-0.1, -0.05) is 0 Å². The van der Waals surface area contributed by atoms with Gasteiger partial charge in [0.25, 0.3) is 0 Å². The van der Waals surface area contributed by atoms with Crippen LogP contribution in [0.4, 0.5) is 0 Å². The minimum atomic E-state index is -2.09. The number of aromatic nitrogens is 1. The summed E-state index contributed by atoms with van der Waals surface area (Å²) in [6.07, 6.45) is 3.07. The fraction of sp³-hybridized carbons (Fsp3) is 0.273. The molecule has 0 unspecified atom stereocenters. The van der Waals surface area contributed by atoms with Gasteiger partial charge in [-0.2, -0.15) is 0 Å². The van der Waals surface area contributed by atoms with Crippen molar-refractivity contribution >= 4 is 56.2 Å². The second-order valence-electron chi connectivity index (χ2n) is 11.9. The average Bonchev–Trinajstić information content (AvgIpc) is 3.20. The molecule has 1 radical (unpaired) electrons. The van der Waals surface area contributed by atoms with Gasteiger partial charge in [-0.3, -0.25) is 4.79 Å². The Bertz CT molecular complexity index is 1680. The monoisotopic (exact) mass is 761 g/mol. The summed E-state index contributed by atoms with van der Waals surface area (Å²) in [7, 11) is 0. The molecule has 0 amide bonds. The van der Waals surface area contributed by atoms with Gasteiger partial charge in [0.15, 0.2) is 5.78 Å². The molecule has 3 aromatic carbocycles. The number of furan rings is 1. The van der Waals surface area contributed by atoms with Crippen LogP contribution in [0.1, 0.15) is 40.2 Å². The van der Waals surface area contributed by atoms with Crippen molar-refractivity contribution in [2.24, 2.45) is 0 Å². The zero-order valence-corrected chi connectivity index (χ0v) is 28.4. The molecule has 4 nitrogen and oxygen atoms in total. The first-order valence-electron chi connectivity index (χ1n) is 12.9. The van der Waals surface area contributed by atoms with Crippen molar-refractivity contribution in [3.8, 4) is 11.3 Å². The standard InChI is InChI=1S/C28H28GeNO.C5H8O2.Ir/c1-28(2,3)23-17-19(16-18-10-7-8-11-20(18)23)25-27-22(14-15-30-25)21-12-9-13-24(26(21)31-27)29(4,5)6;1-4(6)3-5(2)7;/h7-15,17H,1-6H3;3,6H,1-2H3;/q-1;;/b;4-3-;. The van der Waals surface area contributed by atoms with E-state index in [9.17, 15) is 4.79 Å². The van der Waals surface area contributed by atoms with E-state index in [-0.39, 0.29) is 37.1 Å². The van der Waals surface area contributed by atoms with Crippen molar-refractivity contribution in [2.45, 2.75) is 57.3 Å². The molecule has 6 heteroatoms. The zero-order valence-electron chi connectivity index (χ0n) is 23.9. The number of hydrogen-bond acceptors (Lipinski definition) is 4. The van der Waals surface area contributed by atoms with E-state index in [2.05, 4.69) is 98.7 Å². The summed E-state index contributed by atoms with van der Waals surface area (Å²) in [5.74, 6) is 7.17. The van der Waals surface area contributed by atoms with Crippen LogP contribution in [-0.2, 0) is 30.3 Å². The summed E-state index contributed by atoms with van der Waals surface area (Å²) < 4.78 is 8.00. The first-order valence-corrected chi connectivity index (χ1v) is 20.3. The van der Waals surface area contributed by atoms with Crippen LogP contribution in [0.5, 0.6) is 0 Å². The molecule has 205 valence electrons. The normalized spacial score (nSPS) is 12.3. The average molecular weight is 759 g/mol. The van der Waals surface area contributed by atoms with Crippen LogP contribution in [0, 0.1) is 6.07 Å². The van der Waals surface area contributed by atoms with Gasteiger partial charge in [0.05, 0.1) is 5.76 Å². The Morgan fingerprint density at radius 2 is 1.59 bits per heavy atom. The van der Waals surface area contributed by atoms with Crippen LogP contribution < -0.4 is 4.40 Å². The number of carbonyl (C=O) groups excluding carboxylic acids is 1. The van der Waals surface area contributed by atoms with E-state index in [1.807, 2.05) is 6.20 Å². The molecule has 0 saturated heterocycles. The van der Waals surface area contributed by atoms with E-state index in [0.29, 0.717) is 0 Å². The van der Waals surface area contributed by atoms with E-state index in [1.54, 1.807) is 0 Å². The summed E-state index contributed by atoms with van der Waals surface area (Å²) in [4.78, 5) is 14.8. The molecule has 0 aliphatic rings. The Kier molecular flexibility index (Phi) is 9.32. The van der Waals surface area contributed by atoms with Crippen LogP contribution in [-0.4, -0.2) is 29.1 Å². The van der Waals surface area contributed by atoms with Crippen LogP contribution in [0.25, 0.3) is 44.0 Å². The molecule has 0 bridgehead atoms. The van der Waals surface area contributed by atoms with Crippen LogP contribution >= 0.6 is 0 Å². The Balaban J connectivity index is 0.000000468. The molecular formula is C33H36GeIrNO3-. The molecule has 0 aliphatic carbocycles. The first kappa shape index (κ1) is 30.8. The van der Waals surface area contributed by atoms with E-state index in [4.69, 9.17) is 14.5 Å². The Morgan fingerprint density at radius 3 is 2.18 bits per heavy atom. The fourth-order valence-electron chi connectivity index (χ4n) is 4.78. The van der Waals surface area contributed by atoms with Crippen molar-refractivity contribution in [2.75, 3.05) is 0 Å². The van der Waals surface area contributed by atoms with Crippen molar-refractivity contribution in [1.29, 1.82) is 0 Å². The van der Waals surface area contributed by atoms with Crippen LogP contribution in [0.3, 0.4) is 0 Å². The largest absolute Gasteiger partial charge is 0 e. The van der Waals surface area contributed by atoms with Gasteiger partial charge < -0.3 is 5.11 Å². The number of carbonyl (C=O) groups is 1. The van der Waals surface area contributed by atoms with E-state index in [1.165, 1.54) is 40.7 Å². The molecule has 39 heavy (non-hydrogen) atoms. The maximum atomic E-state index is 10.0. The maximum Gasteiger partial charge on any atom is 0 e. The van der Waals surface area contributed by atoms with Gasteiger partial charge in [-0.05, 0) is 13.8 Å². The topological polar surface area (TPSA) is 63.3 Å². The fourth-order valence-corrected chi connectivity index (χ4v) is 7.85. The first-order chi connectivity index (χ1) is 17.8. The number of fused-ring (bicyclic) bond motifs is 4. The summed E-state index contributed by atoms with van der Waals surface area (Å²) >= 11 is -2.09. The van der Waals surface area contributed by atoms with Gasteiger partial charge in [-0.15, -0.1) is 0 Å². The molecule has 0 saturated carbocycles. The molecule has 5 rings (SSSR count). The zero-order chi connectivity index (χ0) is 27.8. The Labute approximate surface area is 247 Å². The Morgan fingerprint density at radius 1 is 0.949 bits per heavy atom. The number of allylic oxidation sites excluding steroid dienone is 2. The number of hydrogen-bond donors (Lipinski definition) is 1. The Hall–Kier alpha value is -2.73. The number of ketones is 1. The SMILES string of the molecule is CC(=O)/C=C(/C)O.CC(C)(C)c1cc(-c2nccc3c2oc2[c]([Ge]([CH3])([CH3])[CH3])cccc23)[c-]c2ccccc12.[Ir]. The molecule has 0 fully saturated rings. The molecule has 2 heterocycles. The summed E-state index contributed by atoms with van der Waals surface area (Å²) in [6, 6.07) is 23.0. The van der Waals surface area contributed by atoms with Crippen molar-refractivity contribution in [1.82, 2.24) is 4.98 Å². The summed E-state index contributed by atoms with van der Waals surface area (Å²) in [5, 5.41) is 13.0. The minimum Gasteiger partial charge on any atom is 0 e. The molecule has 1 N–H and O–H groups in total. The van der Waals surface area contributed by atoms with Gasteiger partial charge in [0, 0.05) is 26.2 Å². The van der Waals surface area contributed by atoms with Crippen LogP contribution in [0.15, 0.2) is 77.0 Å². The quantitative estimate of drug-likeness (QED) is 0.0869. The number of pyridine rings is 1. The second-order valence-corrected chi connectivity index (χ2v) is 22.4. The maximum absolute atomic E-state index is 10.0. The molecule has 0 aliphatic heterocycles. The number of aliphatic hydroxyl groups excluding tert-OH is 1. The van der Waals surface area contributed by atoms with Gasteiger partial charge in [0.1, 0.15) is 0 Å². The summed E-state index contributed by atoms with van der Waals surface area (Å²) in [5.41, 5.74) is 5.08. The van der Waals surface area contributed by atoms with E-state index in [0.717, 1.165) is 33.2 Å². The van der Waals surface area contributed by atoms with E-state index < -0.39 is 13.3 Å². The molecule has 0 spiro atoms. The number of benzene rings is 3. The van der Waals surface area contributed by atoms with Crippen molar-refractivity contribution in [3.63, 3.8) is 0 Å². The van der Waals surface area contributed by atoms with Crippen LogP contribution in [0.2, 0.25) is 17.3 Å². The predicted octanol–water partition coefficient (Wildman–Crippen LogP) is 8.48. The van der Waals surface area contributed by atoms with Gasteiger partial charge in [0.2, 0.25) is 0 Å². The van der Waals surface area contributed by atoms with E-state index >= 15 is 0 Å². The van der Waals surface area contributed by atoms with Gasteiger partial charge in [-0.25, -0.2) is 0 Å². The third-order valence-electron chi connectivity index (χ3n) is 6.47. The molecule has 5 aromatic rings. The van der Waals surface area contributed by atoms with Gasteiger partial charge >= 0.3 is 187 Å². The second kappa shape index (κ2) is 11.8.